The van der Waals surface area contributed by atoms with E-state index >= 15 is 0 Å². The van der Waals surface area contributed by atoms with Gasteiger partial charge in [-0.2, -0.15) is 0 Å². The topological polar surface area (TPSA) is 89.0 Å². The Morgan fingerprint density at radius 1 is 0.970 bits per heavy atom. The van der Waals surface area contributed by atoms with Crippen molar-refractivity contribution >= 4 is 11.7 Å². The summed E-state index contributed by atoms with van der Waals surface area (Å²) in [5.74, 6) is 1.11. The summed E-state index contributed by atoms with van der Waals surface area (Å²) in [4.78, 5) is 26.2. The molecular formula is C26H25N5O2. The quantitative estimate of drug-likeness (QED) is 0.408. The first-order valence-electron chi connectivity index (χ1n) is 10.7. The Labute approximate surface area is 192 Å². The van der Waals surface area contributed by atoms with Crippen LogP contribution in [-0.4, -0.2) is 34.5 Å². The van der Waals surface area contributed by atoms with Gasteiger partial charge in [-0.1, -0.05) is 12.1 Å². The molecule has 0 unspecified atom stereocenters. The number of rotatable bonds is 9. The highest BCUT2D eigenvalue weighted by Gasteiger charge is 2.14. The van der Waals surface area contributed by atoms with E-state index in [9.17, 15) is 4.79 Å². The zero-order chi connectivity index (χ0) is 22.9. The molecule has 0 aliphatic heterocycles. The summed E-state index contributed by atoms with van der Waals surface area (Å²) in [6.07, 6.45) is 5.93. The van der Waals surface area contributed by atoms with E-state index < -0.39 is 0 Å². The normalized spacial score (nSPS) is 10.5. The van der Waals surface area contributed by atoms with Crippen LogP contribution < -0.4 is 15.4 Å². The molecule has 7 nitrogen and oxygen atoms in total. The number of methoxy groups -OCH3 is 1. The van der Waals surface area contributed by atoms with Gasteiger partial charge in [0.25, 0.3) is 5.91 Å². The maximum atomic E-state index is 13.0. The van der Waals surface area contributed by atoms with Crippen LogP contribution in [0.15, 0.2) is 85.3 Å². The molecule has 0 aliphatic carbocycles. The number of hydrogen-bond acceptors (Lipinski definition) is 6. The van der Waals surface area contributed by atoms with E-state index in [0.717, 1.165) is 28.3 Å². The molecule has 1 amide bonds. The molecule has 3 aromatic heterocycles. The lowest BCUT2D eigenvalue weighted by Crippen LogP contribution is -2.25. The minimum absolute atomic E-state index is 0.201. The van der Waals surface area contributed by atoms with Crippen LogP contribution in [-0.2, 0) is 13.0 Å². The third kappa shape index (κ3) is 5.92. The number of nitrogens with one attached hydrogen (secondary N) is 2. The zero-order valence-electron chi connectivity index (χ0n) is 18.4. The lowest BCUT2D eigenvalue weighted by atomic mass is 10.1. The number of ether oxygens (including phenoxy) is 1. The van der Waals surface area contributed by atoms with Crippen molar-refractivity contribution in [1.29, 1.82) is 0 Å². The molecule has 166 valence electrons. The van der Waals surface area contributed by atoms with E-state index in [2.05, 4.69) is 20.6 Å². The maximum absolute atomic E-state index is 13.0. The first-order chi connectivity index (χ1) is 16.2. The Kier molecular flexibility index (Phi) is 7.22. The number of amides is 1. The Hall–Kier alpha value is -4.26. The van der Waals surface area contributed by atoms with E-state index in [-0.39, 0.29) is 5.91 Å². The van der Waals surface area contributed by atoms with Crippen LogP contribution in [0.3, 0.4) is 0 Å². The van der Waals surface area contributed by atoms with Gasteiger partial charge in [-0.3, -0.25) is 14.8 Å². The summed E-state index contributed by atoms with van der Waals surface area (Å²) in [6.45, 7) is 0.985. The van der Waals surface area contributed by atoms with Crippen LogP contribution >= 0.6 is 0 Å². The number of hydrogen-bond donors (Lipinski definition) is 2. The van der Waals surface area contributed by atoms with Gasteiger partial charge >= 0.3 is 0 Å². The van der Waals surface area contributed by atoms with E-state index in [1.165, 1.54) is 0 Å². The number of carbonyl (C=O) groups is 1. The van der Waals surface area contributed by atoms with Crippen LogP contribution in [0, 0.1) is 0 Å². The fraction of sp³-hybridized carbons (Fsp3) is 0.154. The van der Waals surface area contributed by atoms with Gasteiger partial charge in [-0.05, 0) is 60.2 Å². The van der Waals surface area contributed by atoms with E-state index in [1.54, 1.807) is 31.8 Å². The van der Waals surface area contributed by atoms with Crippen molar-refractivity contribution < 1.29 is 9.53 Å². The van der Waals surface area contributed by atoms with E-state index in [1.807, 2.05) is 60.7 Å². The van der Waals surface area contributed by atoms with Crippen molar-refractivity contribution in [2.75, 3.05) is 19.0 Å². The summed E-state index contributed by atoms with van der Waals surface area (Å²) in [5, 5.41) is 6.27. The first kappa shape index (κ1) is 22.0. The van der Waals surface area contributed by atoms with E-state index in [4.69, 9.17) is 9.72 Å². The van der Waals surface area contributed by atoms with Gasteiger partial charge < -0.3 is 15.4 Å². The Morgan fingerprint density at radius 2 is 1.85 bits per heavy atom. The average molecular weight is 440 g/mol. The van der Waals surface area contributed by atoms with Gasteiger partial charge in [-0.25, -0.2) is 4.98 Å². The molecule has 0 bridgehead atoms. The van der Waals surface area contributed by atoms with E-state index in [0.29, 0.717) is 30.9 Å². The molecule has 0 radical (unpaired) electrons. The van der Waals surface area contributed by atoms with Gasteiger partial charge in [0, 0.05) is 49.4 Å². The largest absolute Gasteiger partial charge is 0.497 e. The molecule has 0 saturated heterocycles. The average Bonchev–Trinajstić information content (AvgIpc) is 2.88. The first-order valence-corrected chi connectivity index (χ1v) is 10.7. The van der Waals surface area contributed by atoms with Gasteiger partial charge in [0.05, 0.1) is 18.4 Å². The van der Waals surface area contributed by atoms with Crippen molar-refractivity contribution in [3.63, 3.8) is 0 Å². The second-order valence-electron chi connectivity index (χ2n) is 7.36. The number of aromatic nitrogens is 3. The van der Waals surface area contributed by atoms with Crippen molar-refractivity contribution in [2.45, 2.75) is 13.0 Å². The summed E-state index contributed by atoms with van der Waals surface area (Å²) in [6, 6.07) is 20.9. The molecule has 0 spiro atoms. The molecule has 2 N–H and O–H groups in total. The Morgan fingerprint density at radius 3 is 2.58 bits per heavy atom. The van der Waals surface area contributed by atoms with Crippen LogP contribution in [0.2, 0.25) is 0 Å². The highest BCUT2D eigenvalue weighted by molar-refractivity contribution is 5.99. The minimum Gasteiger partial charge on any atom is -0.497 e. The molecule has 4 aromatic rings. The molecule has 0 aliphatic rings. The minimum atomic E-state index is -0.201. The van der Waals surface area contributed by atoms with Crippen LogP contribution in [0.1, 0.15) is 21.6 Å². The lowest BCUT2D eigenvalue weighted by Gasteiger charge is -2.13. The van der Waals surface area contributed by atoms with Crippen molar-refractivity contribution in [1.82, 2.24) is 20.3 Å². The molecule has 0 fully saturated rings. The second-order valence-corrected chi connectivity index (χ2v) is 7.36. The van der Waals surface area contributed by atoms with Gasteiger partial charge in [0.2, 0.25) is 0 Å². The fourth-order valence-electron chi connectivity index (χ4n) is 3.33. The SMILES string of the molecule is COc1ccc(-c2ccc(C(=O)NCc3cccnc3)c(NCCc3ccccn3)n2)cc1. The predicted octanol–water partition coefficient (Wildman–Crippen LogP) is 4.13. The number of anilines is 1. The summed E-state index contributed by atoms with van der Waals surface area (Å²) in [7, 11) is 1.63. The molecule has 1 aromatic carbocycles. The number of pyridine rings is 3. The Balaban J connectivity index is 1.54. The van der Waals surface area contributed by atoms with Crippen molar-refractivity contribution in [2.24, 2.45) is 0 Å². The molecule has 0 saturated carbocycles. The predicted molar refractivity (Wildman–Crippen MR) is 128 cm³/mol. The lowest BCUT2D eigenvalue weighted by molar-refractivity contribution is 0.0951. The summed E-state index contributed by atoms with van der Waals surface area (Å²) >= 11 is 0. The maximum Gasteiger partial charge on any atom is 0.255 e. The molecule has 4 rings (SSSR count). The van der Waals surface area contributed by atoms with Gasteiger partial charge in [0.15, 0.2) is 0 Å². The molecule has 0 atom stereocenters. The fourth-order valence-corrected chi connectivity index (χ4v) is 3.33. The monoisotopic (exact) mass is 439 g/mol. The zero-order valence-corrected chi connectivity index (χ0v) is 18.4. The Bertz CT molecular complexity index is 1180. The van der Waals surface area contributed by atoms with Gasteiger partial charge in [0.1, 0.15) is 11.6 Å². The highest BCUT2D eigenvalue weighted by atomic mass is 16.5. The number of nitrogens with zero attached hydrogens (tertiary/aromatic N) is 3. The van der Waals surface area contributed by atoms with Crippen molar-refractivity contribution in [3.8, 4) is 17.0 Å². The highest BCUT2D eigenvalue weighted by Crippen LogP contribution is 2.24. The second kappa shape index (κ2) is 10.9. The van der Waals surface area contributed by atoms with Crippen LogP contribution in [0.5, 0.6) is 5.75 Å². The molecule has 7 heteroatoms. The number of carbonyl (C=O) groups excluding carboxylic acids is 1. The third-order valence-corrected chi connectivity index (χ3v) is 5.10. The molecule has 3 heterocycles. The van der Waals surface area contributed by atoms with Crippen LogP contribution in [0.4, 0.5) is 5.82 Å². The third-order valence-electron chi connectivity index (χ3n) is 5.10. The molecule has 33 heavy (non-hydrogen) atoms. The van der Waals surface area contributed by atoms with Crippen molar-refractivity contribution in [3.05, 3.63) is 102 Å². The summed E-state index contributed by atoms with van der Waals surface area (Å²) in [5.41, 5.74) is 4.09. The standard InChI is InChI=1S/C26H25N5O2/c1-33-22-9-7-20(8-10-22)24-12-11-23(26(32)30-18-19-5-4-14-27-17-19)25(31-24)29-16-13-21-6-2-3-15-28-21/h2-12,14-15,17H,13,16,18H2,1H3,(H,29,31)(H,30,32). The summed E-state index contributed by atoms with van der Waals surface area (Å²) < 4.78 is 5.24. The van der Waals surface area contributed by atoms with Crippen LogP contribution in [0.25, 0.3) is 11.3 Å². The smallest absolute Gasteiger partial charge is 0.255 e. The number of benzene rings is 1. The van der Waals surface area contributed by atoms with Gasteiger partial charge in [-0.15, -0.1) is 0 Å². The molecular weight excluding hydrogens is 414 g/mol.